The molecule has 3 rings (SSSR count). The molecule has 1 heterocycles. The van der Waals surface area contributed by atoms with E-state index in [1.807, 2.05) is 50.2 Å². The number of carbonyl (C=O) groups excluding carboxylic acids is 1. The fourth-order valence-corrected chi connectivity index (χ4v) is 2.97. The van der Waals surface area contributed by atoms with Crippen molar-refractivity contribution in [2.75, 3.05) is 13.1 Å². The smallest absolute Gasteiger partial charge is 0.324 e. The number of ether oxygens (including phenoxy) is 1. The van der Waals surface area contributed by atoms with Crippen LogP contribution in [0.5, 0.6) is 11.5 Å². The lowest BCUT2D eigenvalue weighted by atomic mass is 9.64. The molecule has 2 aromatic rings. The van der Waals surface area contributed by atoms with Crippen molar-refractivity contribution < 1.29 is 14.2 Å². The fraction of sp³-hybridized carbons (Fsp3) is 0.316. The number of rotatable bonds is 5. The first-order valence-corrected chi connectivity index (χ1v) is 8.44. The second kappa shape index (κ2) is 7.10. The molecule has 0 aromatic heterocycles. The van der Waals surface area contributed by atoms with Gasteiger partial charge in [-0.1, -0.05) is 12.9 Å². The van der Waals surface area contributed by atoms with Gasteiger partial charge in [0.05, 0.1) is 6.61 Å². The Bertz CT molecular complexity index is 726. The van der Waals surface area contributed by atoms with E-state index in [0.717, 1.165) is 11.5 Å². The molecule has 5 heteroatoms. The molecule has 0 saturated heterocycles. The van der Waals surface area contributed by atoms with Gasteiger partial charge in [-0.25, -0.2) is 0 Å². The van der Waals surface area contributed by atoms with Gasteiger partial charge in [-0.3, -0.25) is 4.79 Å². The Labute approximate surface area is 143 Å². The molecule has 124 valence electrons. The number of amides is 1. The first-order chi connectivity index (χ1) is 11.6. The molecule has 0 bridgehead atoms. The Morgan fingerprint density at radius 3 is 2.46 bits per heavy atom. The van der Waals surface area contributed by atoms with Crippen LogP contribution in [0.2, 0.25) is 6.82 Å². The molecular weight excluding hydrogens is 301 g/mol. The van der Waals surface area contributed by atoms with Crippen LogP contribution in [0, 0.1) is 0 Å². The van der Waals surface area contributed by atoms with Crippen LogP contribution < -0.4 is 10.2 Å². The lowest BCUT2D eigenvalue weighted by Gasteiger charge is -2.18. The molecule has 0 spiro atoms. The van der Waals surface area contributed by atoms with Gasteiger partial charge in [-0.2, -0.15) is 0 Å². The van der Waals surface area contributed by atoms with Crippen LogP contribution in [0.1, 0.15) is 29.8 Å². The molecule has 24 heavy (non-hydrogen) atoms. The van der Waals surface area contributed by atoms with Crippen LogP contribution in [0.25, 0.3) is 0 Å². The normalized spacial score (nSPS) is 12.9. The van der Waals surface area contributed by atoms with E-state index >= 15 is 0 Å². The van der Waals surface area contributed by atoms with Crippen LogP contribution in [0.3, 0.4) is 0 Å². The van der Waals surface area contributed by atoms with Crippen molar-refractivity contribution in [3.8, 4) is 11.5 Å². The summed E-state index contributed by atoms with van der Waals surface area (Å²) in [4.78, 5) is 14.1. The molecule has 0 saturated carbocycles. The molecule has 1 aliphatic heterocycles. The van der Waals surface area contributed by atoms with Gasteiger partial charge in [0.2, 0.25) is 0 Å². The van der Waals surface area contributed by atoms with Crippen LogP contribution in [-0.4, -0.2) is 30.8 Å². The highest BCUT2D eigenvalue weighted by Crippen LogP contribution is 2.24. The Hall–Kier alpha value is -2.27. The van der Waals surface area contributed by atoms with Crippen molar-refractivity contribution in [3.63, 3.8) is 0 Å². The summed E-state index contributed by atoms with van der Waals surface area (Å²) in [5, 5.41) is 0. The maximum Gasteiger partial charge on any atom is 0.324 e. The maximum absolute atomic E-state index is 12.3. The first-order valence-electron chi connectivity index (χ1n) is 8.44. The van der Waals surface area contributed by atoms with Gasteiger partial charge in [0, 0.05) is 18.7 Å². The zero-order valence-corrected chi connectivity index (χ0v) is 14.4. The minimum absolute atomic E-state index is 0.0511. The van der Waals surface area contributed by atoms with E-state index in [1.165, 1.54) is 11.0 Å². The van der Waals surface area contributed by atoms with E-state index in [2.05, 4.69) is 12.9 Å². The second-order valence-electron chi connectivity index (χ2n) is 5.92. The van der Waals surface area contributed by atoms with E-state index in [4.69, 9.17) is 9.39 Å². The molecule has 2 aromatic carbocycles. The van der Waals surface area contributed by atoms with Gasteiger partial charge < -0.3 is 14.3 Å². The summed E-state index contributed by atoms with van der Waals surface area (Å²) < 4.78 is 11.5. The monoisotopic (exact) mass is 323 g/mol. The average Bonchev–Trinajstić information content (AvgIpc) is 2.97. The molecular formula is C19H22BNO3. The van der Waals surface area contributed by atoms with E-state index in [1.54, 1.807) is 4.90 Å². The van der Waals surface area contributed by atoms with Crippen LogP contribution in [0.4, 0.5) is 0 Å². The number of benzene rings is 2. The van der Waals surface area contributed by atoms with Gasteiger partial charge >= 0.3 is 6.92 Å². The molecule has 0 atom stereocenters. The van der Waals surface area contributed by atoms with Gasteiger partial charge in [-0.05, 0) is 61.3 Å². The van der Waals surface area contributed by atoms with E-state index < -0.39 is 0 Å². The third kappa shape index (κ3) is 3.31. The second-order valence-corrected chi connectivity index (χ2v) is 5.92. The number of carbonyl (C=O) groups is 1. The fourth-order valence-electron chi connectivity index (χ4n) is 2.97. The third-order valence-corrected chi connectivity index (χ3v) is 4.43. The number of hydrogen-bond donors (Lipinski definition) is 0. The Kier molecular flexibility index (Phi) is 4.90. The highest BCUT2D eigenvalue weighted by Gasteiger charge is 2.23. The van der Waals surface area contributed by atoms with Crippen molar-refractivity contribution in [2.45, 2.75) is 27.3 Å². The molecule has 0 aliphatic carbocycles. The van der Waals surface area contributed by atoms with Crippen LogP contribution >= 0.6 is 0 Å². The van der Waals surface area contributed by atoms with Gasteiger partial charge in [0.25, 0.3) is 5.91 Å². The maximum atomic E-state index is 12.3. The standard InChI is InChI=1S/C19H22BNO3/c1-4-21(5-2)19(22)14-6-8-16(9-7-14)24-17-10-11-18-15(12-17)13-23-20(18)3/h6-12H,4-5,13H2,1-3H3. The highest BCUT2D eigenvalue weighted by atomic mass is 16.5. The lowest BCUT2D eigenvalue weighted by molar-refractivity contribution is 0.0773. The number of nitrogens with zero attached hydrogens (tertiary/aromatic N) is 1. The van der Waals surface area contributed by atoms with Crippen molar-refractivity contribution in [1.29, 1.82) is 0 Å². The zero-order chi connectivity index (χ0) is 17.1. The predicted octanol–water partition coefficient (Wildman–Crippen LogP) is 3.32. The summed E-state index contributed by atoms with van der Waals surface area (Å²) in [6.45, 7) is 8.23. The molecule has 0 N–H and O–H groups in total. The van der Waals surface area contributed by atoms with Gasteiger partial charge in [0.1, 0.15) is 11.5 Å². The van der Waals surface area contributed by atoms with E-state index in [9.17, 15) is 4.79 Å². The topological polar surface area (TPSA) is 38.8 Å². The lowest BCUT2D eigenvalue weighted by Crippen LogP contribution is -2.30. The van der Waals surface area contributed by atoms with E-state index in [0.29, 0.717) is 25.3 Å². The highest BCUT2D eigenvalue weighted by molar-refractivity contribution is 6.67. The van der Waals surface area contributed by atoms with Crippen molar-refractivity contribution in [2.24, 2.45) is 0 Å². The zero-order valence-electron chi connectivity index (χ0n) is 14.4. The summed E-state index contributed by atoms with van der Waals surface area (Å²) >= 11 is 0. The van der Waals surface area contributed by atoms with E-state index in [-0.39, 0.29) is 12.8 Å². The Morgan fingerprint density at radius 2 is 1.79 bits per heavy atom. The van der Waals surface area contributed by atoms with Crippen molar-refractivity contribution >= 4 is 18.3 Å². The van der Waals surface area contributed by atoms with Crippen molar-refractivity contribution in [1.82, 2.24) is 4.90 Å². The summed E-state index contributed by atoms with van der Waals surface area (Å²) in [6, 6.07) is 13.3. The SMILES string of the molecule is CCN(CC)C(=O)c1ccc(Oc2ccc3c(c2)COB3C)cc1. The summed E-state index contributed by atoms with van der Waals surface area (Å²) in [5.74, 6) is 1.56. The largest absolute Gasteiger partial charge is 0.457 e. The number of fused-ring (bicyclic) bond motifs is 1. The van der Waals surface area contributed by atoms with Crippen molar-refractivity contribution in [3.05, 3.63) is 53.6 Å². The predicted molar refractivity (Wildman–Crippen MR) is 96.3 cm³/mol. The third-order valence-electron chi connectivity index (χ3n) is 4.43. The molecule has 4 nitrogen and oxygen atoms in total. The molecule has 1 aliphatic rings. The molecule has 1 amide bonds. The van der Waals surface area contributed by atoms with Gasteiger partial charge in [-0.15, -0.1) is 0 Å². The molecule has 0 fully saturated rings. The number of hydrogen-bond acceptors (Lipinski definition) is 3. The molecule has 0 unspecified atom stereocenters. The minimum Gasteiger partial charge on any atom is -0.457 e. The summed E-state index contributed by atoms with van der Waals surface area (Å²) in [6.07, 6.45) is 0. The summed E-state index contributed by atoms with van der Waals surface area (Å²) in [5.41, 5.74) is 3.08. The minimum atomic E-state index is 0.0511. The Balaban J connectivity index is 1.72. The van der Waals surface area contributed by atoms with Gasteiger partial charge in [0.15, 0.2) is 0 Å². The van der Waals surface area contributed by atoms with Crippen LogP contribution in [0.15, 0.2) is 42.5 Å². The quantitative estimate of drug-likeness (QED) is 0.793. The Morgan fingerprint density at radius 1 is 1.12 bits per heavy atom. The van der Waals surface area contributed by atoms with Crippen LogP contribution in [-0.2, 0) is 11.3 Å². The summed E-state index contributed by atoms with van der Waals surface area (Å²) in [7, 11) is 0. The average molecular weight is 323 g/mol. The molecule has 0 radical (unpaired) electrons. The first kappa shape index (κ1) is 16.6.